The van der Waals surface area contributed by atoms with Crippen molar-refractivity contribution in [3.05, 3.63) is 0 Å². The second-order valence-corrected chi connectivity index (χ2v) is 6.56. The molecule has 0 aromatic heterocycles. The van der Waals surface area contributed by atoms with Crippen LogP contribution in [-0.4, -0.2) is 67.5 Å². The summed E-state index contributed by atoms with van der Waals surface area (Å²) in [6, 6.07) is 0. The molecule has 2 aliphatic rings. The summed E-state index contributed by atoms with van der Waals surface area (Å²) in [4.78, 5) is 45.9. The summed E-state index contributed by atoms with van der Waals surface area (Å²) < 4.78 is 51.9. The maximum Gasteiger partial charge on any atom is 0.347 e. The molecule has 0 aromatic carbocycles. The molecule has 0 N–H and O–H groups in total. The van der Waals surface area contributed by atoms with Crippen LogP contribution in [0.3, 0.4) is 0 Å². The van der Waals surface area contributed by atoms with E-state index in [1.54, 1.807) is 0 Å². The van der Waals surface area contributed by atoms with E-state index in [0.29, 0.717) is 0 Å². The highest BCUT2D eigenvalue weighted by Gasteiger charge is 2.38. The molecule has 0 aromatic rings. The van der Waals surface area contributed by atoms with Gasteiger partial charge in [0.1, 0.15) is 10.1 Å². The lowest BCUT2D eigenvalue weighted by Crippen LogP contribution is -2.38. The third-order valence-corrected chi connectivity index (χ3v) is 4.33. The first kappa shape index (κ1) is 18.1. The first-order valence-corrected chi connectivity index (χ1v) is 8.33. The van der Waals surface area contributed by atoms with Crippen molar-refractivity contribution in [2.45, 2.75) is 36.7 Å². The van der Waals surface area contributed by atoms with Gasteiger partial charge in [-0.05, 0) is 0 Å². The Morgan fingerprint density at radius 1 is 1.08 bits per heavy atom. The first-order chi connectivity index (χ1) is 11.2. The maximum atomic E-state index is 11.8. The van der Waals surface area contributed by atoms with Gasteiger partial charge in [0.15, 0.2) is 5.25 Å². The molecule has 2 aliphatic heterocycles. The summed E-state index contributed by atoms with van der Waals surface area (Å²) in [7, 11) is -5.26. The number of carbonyl (C=O) groups excluding carboxylic acids is 4. The fraction of sp³-hybridized carbons (Fsp3) is 0.667. The minimum atomic E-state index is -5.26. The van der Waals surface area contributed by atoms with Gasteiger partial charge >= 0.3 is 23.9 Å². The second-order valence-electron chi connectivity index (χ2n) is 5.00. The lowest BCUT2D eigenvalue weighted by atomic mass is 10.2. The van der Waals surface area contributed by atoms with Crippen LogP contribution in [0.4, 0.5) is 0 Å². The van der Waals surface area contributed by atoms with Crippen molar-refractivity contribution < 1.29 is 51.1 Å². The number of hydrogen-bond donors (Lipinski definition) is 0. The van der Waals surface area contributed by atoms with E-state index in [4.69, 9.17) is 0 Å². The van der Waals surface area contributed by atoms with Crippen molar-refractivity contribution in [3.8, 4) is 0 Å². The summed E-state index contributed by atoms with van der Waals surface area (Å²) in [5, 5.41) is -2.39. The van der Waals surface area contributed by atoms with Gasteiger partial charge in [0.25, 0.3) is 0 Å². The molecule has 3 unspecified atom stereocenters. The zero-order valence-corrected chi connectivity index (χ0v) is 13.0. The Balaban J connectivity index is 2.00. The molecule has 3 atom stereocenters. The van der Waals surface area contributed by atoms with Crippen LogP contribution >= 0.6 is 0 Å². The molecule has 2 heterocycles. The van der Waals surface area contributed by atoms with Crippen LogP contribution in [0.2, 0.25) is 0 Å². The van der Waals surface area contributed by atoms with Gasteiger partial charge in [-0.2, -0.15) is 0 Å². The number of esters is 4. The molecule has 2 rings (SSSR count). The average Bonchev–Trinajstić information content (AvgIpc) is 3.05. The normalized spacial score (nSPS) is 24.9. The summed E-state index contributed by atoms with van der Waals surface area (Å²) in [6.07, 6.45) is -3.60. The van der Waals surface area contributed by atoms with Crippen molar-refractivity contribution >= 4 is 34.0 Å². The van der Waals surface area contributed by atoms with Crippen LogP contribution in [0.5, 0.6) is 0 Å². The largest absolute Gasteiger partial charge is 0.747 e. The molecule has 0 amide bonds. The standard InChI is InChI=1S/C12H14O11S/c13-9(22-6-1-3-20-10(6)14)5-8(24(17,18)19)12(16)23-7-2-4-21-11(7)15/h6-8H,1-5H2,(H,17,18,19)/p-1. The topological polar surface area (TPSA) is 162 Å². The van der Waals surface area contributed by atoms with Gasteiger partial charge in [-0.25, -0.2) is 18.0 Å². The first-order valence-electron chi connectivity index (χ1n) is 6.86. The van der Waals surface area contributed by atoms with E-state index in [2.05, 4.69) is 18.9 Å². The summed E-state index contributed by atoms with van der Waals surface area (Å²) >= 11 is 0. The van der Waals surface area contributed by atoms with Gasteiger partial charge in [-0.3, -0.25) is 9.59 Å². The Bertz CT molecular complexity index is 652. The fourth-order valence-electron chi connectivity index (χ4n) is 2.05. The van der Waals surface area contributed by atoms with Crippen LogP contribution in [0.1, 0.15) is 19.3 Å². The Morgan fingerprint density at radius 3 is 2.00 bits per heavy atom. The average molecular weight is 365 g/mol. The molecule has 12 heteroatoms. The minimum Gasteiger partial charge on any atom is -0.747 e. The Kier molecular flexibility index (Phi) is 5.39. The molecule has 11 nitrogen and oxygen atoms in total. The minimum absolute atomic E-state index is 0.00849. The van der Waals surface area contributed by atoms with Gasteiger partial charge in [-0.1, -0.05) is 0 Å². The SMILES string of the molecule is O=C(CC(C(=O)OC1CCOC1=O)S(=O)(=O)[O-])OC1CCOC1=O. The quantitative estimate of drug-likeness (QED) is 0.291. The van der Waals surface area contributed by atoms with Gasteiger partial charge in [-0.15, -0.1) is 0 Å². The summed E-state index contributed by atoms with van der Waals surface area (Å²) in [5.41, 5.74) is 0. The molecular formula is C12H13O11S-. The van der Waals surface area contributed by atoms with Crippen molar-refractivity contribution in [2.24, 2.45) is 0 Å². The van der Waals surface area contributed by atoms with E-state index in [9.17, 15) is 32.1 Å². The maximum absolute atomic E-state index is 11.8. The van der Waals surface area contributed by atoms with E-state index < -0.39 is 57.9 Å². The summed E-state index contributed by atoms with van der Waals surface area (Å²) in [5.74, 6) is -4.49. The van der Waals surface area contributed by atoms with Crippen LogP contribution < -0.4 is 0 Å². The predicted octanol–water partition coefficient (Wildman–Crippen LogP) is -1.99. The number of carbonyl (C=O) groups is 4. The lowest BCUT2D eigenvalue weighted by molar-refractivity contribution is -0.163. The highest BCUT2D eigenvalue weighted by atomic mass is 32.2. The van der Waals surface area contributed by atoms with Crippen LogP contribution in [0, 0.1) is 0 Å². The lowest BCUT2D eigenvalue weighted by Gasteiger charge is -2.20. The second kappa shape index (κ2) is 7.13. The van der Waals surface area contributed by atoms with E-state index in [0.717, 1.165) is 0 Å². The zero-order valence-electron chi connectivity index (χ0n) is 12.2. The molecule has 0 radical (unpaired) electrons. The monoisotopic (exact) mass is 365 g/mol. The number of ether oxygens (including phenoxy) is 4. The van der Waals surface area contributed by atoms with Crippen molar-refractivity contribution in [2.75, 3.05) is 13.2 Å². The zero-order chi connectivity index (χ0) is 17.9. The van der Waals surface area contributed by atoms with Crippen LogP contribution in [0.15, 0.2) is 0 Å². The molecular weight excluding hydrogens is 352 g/mol. The summed E-state index contributed by atoms with van der Waals surface area (Å²) in [6.45, 7) is 0.0172. The molecule has 0 aliphatic carbocycles. The van der Waals surface area contributed by atoms with Gasteiger partial charge in [0.05, 0.1) is 19.6 Å². The van der Waals surface area contributed by atoms with Gasteiger partial charge in [0.2, 0.25) is 12.2 Å². The van der Waals surface area contributed by atoms with Crippen molar-refractivity contribution in [1.82, 2.24) is 0 Å². The molecule has 24 heavy (non-hydrogen) atoms. The third kappa shape index (κ3) is 4.41. The Labute approximate surface area is 135 Å². The highest BCUT2D eigenvalue weighted by Crippen LogP contribution is 2.17. The predicted molar refractivity (Wildman–Crippen MR) is 69.0 cm³/mol. The molecule has 2 fully saturated rings. The van der Waals surface area contributed by atoms with E-state index in [1.165, 1.54) is 0 Å². The van der Waals surface area contributed by atoms with E-state index in [-0.39, 0.29) is 26.1 Å². The molecule has 134 valence electrons. The number of cyclic esters (lactones) is 2. The van der Waals surface area contributed by atoms with Gasteiger partial charge < -0.3 is 23.5 Å². The molecule has 0 spiro atoms. The smallest absolute Gasteiger partial charge is 0.347 e. The molecule has 2 saturated heterocycles. The highest BCUT2D eigenvalue weighted by molar-refractivity contribution is 7.87. The Morgan fingerprint density at radius 2 is 1.58 bits per heavy atom. The third-order valence-electron chi connectivity index (χ3n) is 3.27. The molecule has 0 saturated carbocycles. The van der Waals surface area contributed by atoms with Crippen LogP contribution in [-0.2, 0) is 48.2 Å². The molecule has 0 bridgehead atoms. The van der Waals surface area contributed by atoms with Crippen LogP contribution in [0.25, 0.3) is 0 Å². The van der Waals surface area contributed by atoms with E-state index in [1.807, 2.05) is 0 Å². The number of rotatable bonds is 6. The van der Waals surface area contributed by atoms with Gasteiger partial charge in [0, 0.05) is 12.8 Å². The van der Waals surface area contributed by atoms with E-state index >= 15 is 0 Å². The van der Waals surface area contributed by atoms with Crippen molar-refractivity contribution in [3.63, 3.8) is 0 Å². The Hall–Kier alpha value is -2.21. The van der Waals surface area contributed by atoms with Crippen molar-refractivity contribution in [1.29, 1.82) is 0 Å². The number of hydrogen-bond acceptors (Lipinski definition) is 11. The fourth-order valence-corrected chi connectivity index (χ4v) is 2.68.